The average Bonchev–Trinajstić information content (AvgIpc) is 3.23. The zero-order valence-corrected chi connectivity index (χ0v) is 19.9. The minimum atomic E-state index is -0.280. The summed E-state index contributed by atoms with van der Waals surface area (Å²) in [6.45, 7) is 0.402. The summed E-state index contributed by atoms with van der Waals surface area (Å²) in [5.41, 5.74) is 1.48. The van der Waals surface area contributed by atoms with Gasteiger partial charge in [-0.15, -0.1) is 0 Å². The summed E-state index contributed by atoms with van der Waals surface area (Å²) in [4.78, 5) is 27.0. The fraction of sp³-hybridized carbons (Fsp3) is 0.259. The van der Waals surface area contributed by atoms with Gasteiger partial charge in [-0.05, 0) is 54.1 Å². The SMILES string of the molecule is COc1cc(CC(=O)NC2CC(=O)N(c3ccc(Oc4ccccc4)cc3)C2)cc(OC)c1OC. The molecule has 0 aliphatic carbocycles. The number of hydrogen-bond donors (Lipinski definition) is 1. The van der Waals surface area contributed by atoms with E-state index >= 15 is 0 Å². The fourth-order valence-corrected chi connectivity index (χ4v) is 4.07. The molecule has 1 aliphatic heterocycles. The van der Waals surface area contributed by atoms with Gasteiger partial charge in [-0.3, -0.25) is 9.59 Å². The number of methoxy groups -OCH3 is 3. The Balaban J connectivity index is 1.36. The standard InChI is InChI=1S/C27H28N2O6/c1-32-23-13-18(14-24(33-2)27(23)34-3)15-25(30)28-19-16-26(31)29(17-19)20-9-11-22(12-10-20)35-21-7-5-4-6-8-21/h4-14,19H,15-17H2,1-3H3,(H,28,30). The van der Waals surface area contributed by atoms with Crippen LogP contribution in [0.25, 0.3) is 0 Å². The molecule has 1 N–H and O–H groups in total. The topological polar surface area (TPSA) is 86.3 Å². The smallest absolute Gasteiger partial charge is 0.229 e. The zero-order chi connectivity index (χ0) is 24.8. The van der Waals surface area contributed by atoms with Crippen molar-refractivity contribution >= 4 is 17.5 Å². The van der Waals surface area contributed by atoms with E-state index in [-0.39, 0.29) is 30.7 Å². The Morgan fingerprint density at radius 1 is 0.914 bits per heavy atom. The van der Waals surface area contributed by atoms with Crippen LogP contribution < -0.4 is 29.2 Å². The normalized spacial score (nSPS) is 15.0. The van der Waals surface area contributed by atoms with Crippen molar-refractivity contribution in [2.75, 3.05) is 32.8 Å². The Bertz CT molecular complexity index is 1160. The van der Waals surface area contributed by atoms with Crippen LogP contribution in [-0.2, 0) is 16.0 Å². The summed E-state index contributed by atoms with van der Waals surface area (Å²) in [6.07, 6.45) is 0.357. The maximum atomic E-state index is 12.7. The van der Waals surface area contributed by atoms with Crippen molar-refractivity contribution in [1.82, 2.24) is 5.32 Å². The Hall–Kier alpha value is -4.20. The van der Waals surface area contributed by atoms with E-state index in [1.54, 1.807) is 17.0 Å². The van der Waals surface area contributed by atoms with E-state index in [4.69, 9.17) is 18.9 Å². The molecule has 1 atom stereocenters. The van der Waals surface area contributed by atoms with Gasteiger partial charge in [0.05, 0.1) is 33.8 Å². The fourth-order valence-electron chi connectivity index (χ4n) is 4.07. The molecule has 1 aliphatic rings. The second-order valence-electron chi connectivity index (χ2n) is 8.09. The summed E-state index contributed by atoms with van der Waals surface area (Å²) in [5.74, 6) is 2.63. The zero-order valence-electron chi connectivity index (χ0n) is 19.9. The lowest BCUT2D eigenvalue weighted by Crippen LogP contribution is -2.38. The lowest BCUT2D eigenvalue weighted by Gasteiger charge is -2.18. The van der Waals surface area contributed by atoms with Gasteiger partial charge in [0.15, 0.2) is 11.5 Å². The highest BCUT2D eigenvalue weighted by atomic mass is 16.5. The van der Waals surface area contributed by atoms with E-state index in [0.29, 0.717) is 35.1 Å². The second kappa shape index (κ2) is 10.8. The molecule has 2 amide bonds. The number of hydrogen-bond acceptors (Lipinski definition) is 6. The molecule has 1 saturated heterocycles. The summed E-state index contributed by atoms with van der Waals surface area (Å²) in [7, 11) is 4.58. The molecule has 0 bridgehead atoms. The van der Waals surface area contributed by atoms with E-state index in [0.717, 1.165) is 11.4 Å². The highest BCUT2D eigenvalue weighted by Crippen LogP contribution is 2.38. The molecule has 1 heterocycles. The number of nitrogens with one attached hydrogen (secondary N) is 1. The predicted molar refractivity (Wildman–Crippen MR) is 132 cm³/mol. The van der Waals surface area contributed by atoms with E-state index in [1.165, 1.54) is 21.3 Å². The van der Waals surface area contributed by atoms with Gasteiger partial charge in [0.1, 0.15) is 11.5 Å². The number of amides is 2. The number of anilines is 1. The van der Waals surface area contributed by atoms with Crippen LogP contribution in [0.1, 0.15) is 12.0 Å². The van der Waals surface area contributed by atoms with Gasteiger partial charge >= 0.3 is 0 Å². The van der Waals surface area contributed by atoms with Gasteiger partial charge in [-0.1, -0.05) is 18.2 Å². The molecule has 0 radical (unpaired) electrons. The molecule has 182 valence electrons. The maximum absolute atomic E-state index is 12.7. The van der Waals surface area contributed by atoms with Crippen LogP contribution in [0, 0.1) is 0 Å². The number of para-hydroxylation sites is 1. The average molecular weight is 477 g/mol. The summed E-state index contributed by atoms with van der Waals surface area (Å²) in [6, 6.07) is 20.0. The highest BCUT2D eigenvalue weighted by Gasteiger charge is 2.31. The molecule has 35 heavy (non-hydrogen) atoms. The number of benzene rings is 3. The van der Waals surface area contributed by atoms with E-state index in [1.807, 2.05) is 54.6 Å². The number of carbonyl (C=O) groups excluding carboxylic acids is 2. The molecule has 4 rings (SSSR count). The number of nitrogens with zero attached hydrogens (tertiary/aromatic N) is 1. The third-order valence-electron chi connectivity index (χ3n) is 5.71. The summed E-state index contributed by atoms with van der Waals surface area (Å²) in [5, 5.41) is 2.97. The van der Waals surface area contributed by atoms with Crippen LogP contribution in [0.3, 0.4) is 0 Å². The minimum absolute atomic E-state index is 0.0418. The van der Waals surface area contributed by atoms with E-state index < -0.39 is 0 Å². The quantitative estimate of drug-likeness (QED) is 0.503. The third-order valence-corrected chi connectivity index (χ3v) is 5.71. The van der Waals surface area contributed by atoms with Gasteiger partial charge in [-0.2, -0.15) is 0 Å². The molecule has 1 unspecified atom stereocenters. The van der Waals surface area contributed by atoms with Crippen molar-refractivity contribution in [3.05, 3.63) is 72.3 Å². The van der Waals surface area contributed by atoms with Crippen LogP contribution in [0.5, 0.6) is 28.7 Å². The van der Waals surface area contributed by atoms with Gasteiger partial charge in [0.2, 0.25) is 17.6 Å². The Morgan fingerprint density at radius 2 is 1.54 bits per heavy atom. The Labute approximate surface area is 204 Å². The van der Waals surface area contributed by atoms with E-state index in [2.05, 4.69) is 5.32 Å². The van der Waals surface area contributed by atoms with Crippen LogP contribution in [0.2, 0.25) is 0 Å². The number of carbonyl (C=O) groups is 2. The van der Waals surface area contributed by atoms with Crippen LogP contribution >= 0.6 is 0 Å². The molecule has 0 spiro atoms. The number of ether oxygens (including phenoxy) is 4. The molecule has 0 aromatic heterocycles. The minimum Gasteiger partial charge on any atom is -0.493 e. The molecule has 8 heteroatoms. The van der Waals surface area contributed by atoms with Crippen LogP contribution in [0.15, 0.2) is 66.7 Å². The summed E-state index contributed by atoms with van der Waals surface area (Å²) >= 11 is 0. The van der Waals surface area contributed by atoms with E-state index in [9.17, 15) is 9.59 Å². The Morgan fingerprint density at radius 3 is 2.14 bits per heavy atom. The van der Waals surface area contributed by atoms with Gasteiger partial charge < -0.3 is 29.2 Å². The predicted octanol–water partition coefficient (Wildman–Crippen LogP) is 3.97. The first kappa shape index (κ1) is 23.9. The molecule has 1 fully saturated rings. The van der Waals surface area contributed by atoms with Gasteiger partial charge in [0.25, 0.3) is 0 Å². The molecular weight excluding hydrogens is 448 g/mol. The number of rotatable bonds is 9. The van der Waals surface area contributed by atoms with Crippen LogP contribution in [-0.4, -0.2) is 45.7 Å². The molecule has 0 saturated carbocycles. The second-order valence-corrected chi connectivity index (χ2v) is 8.09. The van der Waals surface area contributed by atoms with Crippen molar-refractivity contribution in [3.63, 3.8) is 0 Å². The van der Waals surface area contributed by atoms with Gasteiger partial charge in [-0.25, -0.2) is 0 Å². The molecular formula is C27H28N2O6. The molecule has 3 aromatic rings. The molecule has 3 aromatic carbocycles. The third kappa shape index (κ3) is 5.66. The maximum Gasteiger partial charge on any atom is 0.229 e. The first-order valence-corrected chi connectivity index (χ1v) is 11.2. The first-order valence-electron chi connectivity index (χ1n) is 11.2. The Kier molecular flexibility index (Phi) is 7.40. The van der Waals surface area contributed by atoms with Gasteiger partial charge in [0, 0.05) is 18.7 Å². The first-order chi connectivity index (χ1) is 17.0. The molecule has 8 nitrogen and oxygen atoms in total. The van der Waals surface area contributed by atoms with Crippen molar-refractivity contribution in [2.24, 2.45) is 0 Å². The van der Waals surface area contributed by atoms with Crippen molar-refractivity contribution in [3.8, 4) is 28.7 Å². The highest BCUT2D eigenvalue weighted by molar-refractivity contribution is 5.97. The van der Waals surface area contributed by atoms with Crippen molar-refractivity contribution in [2.45, 2.75) is 18.9 Å². The lowest BCUT2D eigenvalue weighted by atomic mass is 10.1. The van der Waals surface area contributed by atoms with Crippen LogP contribution in [0.4, 0.5) is 5.69 Å². The largest absolute Gasteiger partial charge is 0.493 e. The van der Waals surface area contributed by atoms with Crippen molar-refractivity contribution in [1.29, 1.82) is 0 Å². The monoisotopic (exact) mass is 476 g/mol. The van der Waals surface area contributed by atoms with Crippen molar-refractivity contribution < 1.29 is 28.5 Å². The lowest BCUT2D eigenvalue weighted by molar-refractivity contribution is -0.121. The summed E-state index contributed by atoms with van der Waals surface area (Å²) < 4.78 is 21.9.